The van der Waals surface area contributed by atoms with Crippen molar-refractivity contribution in [3.8, 4) is 0 Å². The van der Waals surface area contributed by atoms with Gasteiger partial charge in [-0.2, -0.15) is 4.31 Å². The van der Waals surface area contributed by atoms with E-state index in [9.17, 15) is 13.2 Å². The molecule has 1 saturated heterocycles. The Bertz CT molecular complexity index is 774. The van der Waals surface area contributed by atoms with Gasteiger partial charge in [0.1, 0.15) is 6.04 Å². The lowest BCUT2D eigenvalue weighted by Crippen LogP contribution is -2.49. The standard InChI is InChI=1S/C20H30N2O3S/c1-14-12-15(2)19(16(3)13-14)26(24,25)22-11-7-10-18(22)20(23)21(4)17-8-5-6-9-17/h12-13,17-18H,5-11H2,1-4H3. The zero-order valence-electron chi connectivity index (χ0n) is 16.3. The summed E-state index contributed by atoms with van der Waals surface area (Å²) in [6.07, 6.45) is 5.69. The average Bonchev–Trinajstić information content (AvgIpc) is 3.23. The first kappa shape index (κ1) is 19.4. The van der Waals surface area contributed by atoms with Gasteiger partial charge in [-0.25, -0.2) is 8.42 Å². The highest BCUT2D eigenvalue weighted by Crippen LogP contribution is 2.32. The molecule has 0 bridgehead atoms. The van der Waals surface area contributed by atoms with E-state index in [2.05, 4.69) is 0 Å². The van der Waals surface area contributed by atoms with Crippen molar-refractivity contribution < 1.29 is 13.2 Å². The molecule has 1 aliphatic carbocycles. The summed E-state index contributed by atoms with van der Waals surface area (Å²) in [5.74, 6) is -0.0413. The van der Waals surface area contributed by atoms with Crippen molar-refractivity contribution in [1.29, 1.82) is 0 Å². The van der Waals surface area contributed by atoms with E-state index in [1.807, 2.05) is 40.0 Å². The molecule has 26 heavy (non-hydrogen) atoms. The van der Waals surface area contributed by atoms with Gasteiger partial charge < -0.3 is 4.90 Å². The number of likely N-dealkylation sites (N-methyl/N-ethyl adjacent to an activating group) is 1. The molecule has 1 amide bonds. The second-order valence-corrected chi connectivity index (χ2v) is 9.72. The fourth-order valence-electron chi connectivity index (χ4n) is 4.67. The van der Waals surface area contributed by atoms with Gasteiger partial charge in [-0.1, -0.05) is 30.5 Å². The minimum absolute atomic E-state index is 0.0413. The predicted molar refractivity (Wildman–Crippen MR) is 103 cm³/mol. The lowest BCUT2D eigenvalue weighted by molar-refractivity contribution is -0.135. The van der Waals surface area contributed by atoms with Crippen molar-refractivity contribution in [2.75, 3.05) is 13.6 Å². The largest absolute Gasteiger partial charge is 0.341 e. The van der Waals surface area contributed by atoms with Crippen LogP contribution in [0.2, 0.25) is 0 Å². The van der Waals surface area contributed by atoms with Gasteiger partial charge in [-0.15, -0.1) is 0 Å². The molecule has 0 aromatic heterocycles. The van der Waals surface area contributed by atoms with E-state index in [0.29, 0.717) is 17.9 Å². The van der Waals surface area contributed by atoms with E-state index in [0.717, 1.165) is 48.8 Å². The van der Waals surface area contributed by atoms with Gasteiger partial charge in [0.05, 0.1) is 4.90 Å². The molecule has 2 fully saturated rings. The van der Waals surface area contributed by atoms with E-state index in [1.165, 1.54) is 4.31 Å². The molecule has 5 nitrogen and oxygen atoms in total. The summed E-state index contributed by atoms with van der Waals surface area (Å²) in [6, 6.07) is 3.50. The maximum atomic E-state index is 13.4. The Labute approximate surface area is 157 Å². The topological polar surface area (TPSA) is 57.7 Å². The number of amides is 1. The van der Waals surface area contributed by atoms with Crippen LogP contribution in [0, 0.1) is 20.8 Å². The summed E-state index contributed by atoms with van der Waals surface area (Å²) < 4.78 is 28.3. The minimum atomic E-state index is -3.68. The highest BCUT2D eigenvalue weighted by atomic mass is 32.2. The second-order valence-electron chi connectivity index (χ2n) is 7.89. The molecular weight excluding hydrogens is 348 g/mol. The van der Waals surface area contributed by atoms with Crippen LogP contribution in [0.1, 0.15) is 55.2 Å². The zero-order valence-corrected chi connectivity index (χ0v) is 17.1. The SMILES string of the molecule is Cc1cc(C)c(S(=O)(=O)N2CCCC2C(=O)N(C)C2CCCC2)c(C)c1. The number of hydrogen-bond donors (Lipinski definition) is 0. The third-order valence-electron chi connectivity index (χ3n) is 5.88. The molecule has 0 radical (unpaired) electrons. The maximum Gasteiger partial charge on any atom is 0.244 e. The highest BCUT2D eigenvalue weighted by molar-refractivity contribution is 7.89. The first-order chi connectivity index (χ1) is 12.2. The Balaban J connectivity index is 1.91. The van der Waals surface area contributed by atoms with Gasteiger partial charge in [0.2, 0.25) is 15.9 Å². The number of hydrogen-bond acceptors (Lipinski definition) is 3. The Kier molecular flexibility index (Phi) is 5.45. The van der Waals surface area contributed by atoms with E-state index in [1.54, 1.807) is 4.90 Å². The van der Waals surface area contributed by atoms with Crippen LogP contribution in [0.4, 0.5) is 0 Å². The van der Waals surface area contributed by atoms with Gasteiger partial charge in [-0.05, 0) is 57.6 Å². The van der Waals surface area contributed by atoms with Crippen LogP contribution >= 0.6 is 0 Å². The third-order valence-corrected chi connectivity index (χ3v) is 8.09. The molecule has 1 unspecified atom stereocenters. The van der Waals surface area contributed by atoms with Gasteiger partial charge in [0.25, 0.3) is 0 Å². The minimum Gasteiger partial charge on any atom is -0.341 e. The molecule has 144 valence electrons. The summed E-state index contributed by atoms with van der Waals surface area (Å²) in [6.45, 7) is 6.06. The number of carbonyl (C=O) groups excluding carboxylic acids is 1. The number of aryl methyl sites for hydroxylation is 3. The molecule has 0 N–H and O–H groups in total. The smallest absolute Gasteiger partial charge is 0.244 e. The molecule has 3 rings (SSSR count). The number of benzene rings is 1. The Hall–Kier alpha value is -1.40. The average molecular weight is 379 g/mol. The zero-order chi connectivity index (χ0) is 19.1. The van der Waals surface area contributed by atoms with E-state index >= 15 is 0 Å². The normalized spacial score (nSPS) is 22.1. The van der Waals surface area contributed by atoms with Gasteiger partial charge >= 0.3 is 0 Å². The number of sulfonamides is 1. The van der Waals surface area contributed by atoms with Crippen molar-refractivity contribution in [3.05, 3.63) is 28.8 Å². The first-order valence-electron chi connectivity index (χ1n) is 9.60. The number of carbonyl (C=O) groups is 1. The molecular formula is C20H30N2O3S. The molecule has 0 spiro atoms. The molecule has 6 heteroatoms. The van der Waals surface area contributed by atoms with Crippen molar-refractivity contribution in [3.63, 3.8) is 0 Å². The Morgan fingerprint density at radius 1 is 1.04 bits per heavy atom. The molecule has 1 aromatic rings. The lowest BCUT2D eigenvalue weighted by atomic mass is 10.1. The maximum absolute atomic E-state index is 13.4. The van der Waals surface area contributed by atoms with Crippen molar-refractivity contribution in [2.45, 2.75) is 76.3 Å². The van der Waals surface area contributed by atoms with Crippen LogP contribution in [0.5, 0.6) is 0 Å². The van der Waals surface area contributed by atoms with Crippen molar-refractivity contribution in [1.82, 2.24) is 9.21 Å². The molecule has 1 aliphatic heterocycles. The van der Waals surface area contributed by atoms with Crippen LogP contribution in [-0.2, 0) is 14.8 Å². The Morgan fingerprint density at radius 3 is 2.19 bits per heavy atom. The fraction of sp³-hybridized carbons (Fsp3) is 0.650. The third kappa shape index (κ3) is 3.41. The molecule has 1 atom stereocenters. The van der Waals surface area contributed by atoms with Crippen LogP contribution in [0.3, 0.4) is 0 Å². The summed E-state index contributed by atoms with van der Waals surface area (Å²) >= 11 is 0. The molecule has 1 saturated carbocycles. The van der Waals surface area contributed by atoms with Gasteiger partial charge in [0.15, 0.2) is 0 Å². The summed E-state index contributed by atoms with van der Waals surface area (Å²) in [7, 11) is -1.85. The monoisotopic (exact) mass is 378 g/mol. The number of rotatable bonds is 4. The second kappa shape index (κ2) is 7.31. The van der Waals surface area contributed by atoms with Crippen LogP contribution in [0.15, 0.2) is 17.0 Å². The highest BCUT2D eigenvalue weighted by Gasteiger charge is 2.42. The molecule has 2 aliphatic rings. The van der Waals surface area contributed by atoms with Crippen LogP contribution < -0.4 is 0 Å². The van der Waals surface area contributed by atoms with Crippen molar-refractivity contribution in [2.24, 2.45) is 0 Å². The lowest BCUT2D eigenvalue weighted by Gasteiger charge is -2.31. The van der Waals surface area contributed by atoms with Gasteiger partial charge in [-0.3, -0.25) is 4.79 Å². The Morgan fingerprint density at radius 2 is 1.62 bits per heavy atom. The van der Waals surface area contributed by atoms with E-state index in [4.69, 9.17) is 0 Å². The van der Waals surface area contributed by atoms with E-state index < -0.39 is 16.1 Å². The predicted octanol–water partition coefficient (Wildman–Crippen LogP) is 3.17. The van der Waals surface area contributed by atoms with Crippen LogP contribution in [0.25, 0.3) is 0 Å². The first-order valence-corrected chi connectivity index (χ1v) is 11.0. The molecule has 1 heterocycles. The van der Waals surface area contributed by atoms with Crippen LogP contribution in [-0.4, -0.2) is 49.2 Å². The van der Waals surface area contributed by atoms with Gasteiger partial charge in [0, 0.05) is 19.6 Å². The quantitative estimate of drug-likeness (QED) is 0.809. The molecule has 1 aromatic carbocycles. The summed E-state index contributed by atoms with van der Waals surface area (Å²) in [4.78, 5) is 15.2. The summed E-state index contributed by atoms with van der Waals surface area (Å²) in [5, 5.41) is 0. The fourth-order valence-corrected chi connectivity index (χ4v) is 6.74. The van der Waals surface area contributed by atoms with Crippen molar-refractivity contribution >= 4 is 15.9 Å². The number of nitrogens with zero attached hydrogens (tertiary/aromatic N) is 2. The summed E-state index contributed by atoms with van der Waals surface area (Å²) in [5.41, 5.74) is 2.56. The van der Waals surface area contributed by atoms with E-state index in [-0.39, 0.29) is 11.9 Å².